The van der Waals surface area contributed by atoms with E-state index in [9.17, 15) is 9.59 Å². The Kier molecular flexibility index (Phi) is 5.35. The average molecular weight is 380 g/mol. The molecule has 0 spiro atoms. The van der Waals surface area contributed by atoms with Crippen LogP contribution in [0.4, 0.5) is 11.5 Å². The van der Waals surface area contributed by atoms with Crippen molar-refractivity contribution >= 4 is 47.0 Å². The van der Waals surface area contributed by atoms with Crippen molar-refractivity contribution in [3.8, 4) is 0 Å². The largest absolute Gasteiger partial charge is 0.352 e. The van der Waals surface area contributed by atoms with Crippen molar-refractivity contribution in [3.05, 3.63) is 46.1 Å². The highest BCUT2D eigenvalue weighted by Crippen LogP contribution is 2.29. The molecule has 0 saturated carbocycles. The fraction of sp³-hybridized carbons (Fsp3) is 0.250. The molecule has 9 heteroatoms. The first kappa shape index (κ1) is 17.4. The summed E-state index contributed by atoms with van der Waals surface area (Å²) in [5, 5.41) is 11.4. The molecular formula is C16H15Cl2N5O2. The molecule has 25 heavy (non-hydrogen) atoms. The van der Waals surface area contributed by atoms with E-state index in [1.54, 1.807) is 35.2 Å². The van der Waals surface area contributed by atoms with E-state index in [0.29, 0.717) is 42.7 Å². The summed E-state index contributed by atoms with van der Waals surface area (Å²) in [6.07, 6.45) is 0.845. The van der Waals surface area contributed by atoms with Gasteiger partial charge < -0.3 is 15.1 Å². The van der Waals surface area contributed by atoms with Crippen LogP contribution in [0.15, 0.2) is 30.3 Å². The van der Waals surface area contributed by atoms with Crippen LogP contribution in [0.25, 0.3) is 0 Å². The van der Waals surface area contributed by atoms with E-state index in [1.807, 2.05) is 4.90 Å². The van der Waals surface area contributed by atoms with Crippen LogP contribution in [0.3, 0.4) is 0 Å². The predicted octanol–water partition coefficient (Wildman–Crippen LogP) is 2.31. The molecule has 1 N–H and O–H groups in total. The smallest absolute Gasteiger partial charge is 0.276 e. The Bertz CT molecular complexity index is 777. The van der Waals surface area contributed by atoms with Gasteiger partial charge in [-0.1, -0.05) is 29.3 Å². The topological polar surface area (TPSA) is 78.4 Å². The fourth-order valence-electron chi connectivity index (χ4n) is 2.46. The molecule has 1 aliphatic rings. The van der Waals surface area contributed by atoms with Crippen molar-refractivity contribution in [1.29, 1.82) is 0 Å². The SMILES string of the molecule is O=CN1CCN(c2ccc(C(=O)Nc3cccc(Cl)c3Cl)nn2)CC1. The lowest BCUT2D eigenvalue weighted by Crippen LogP contribution is -2.46. The van der Waals surface area contributed by atoms with E-state index in [1.165, 1.54) is 0 Å². The lowest BCUT2D eigenvalue weighted by Gasteiger charge is -2.32. The number of piperazine rings is 1. The van der Waals surface area contributed by atoms with Crippen LogP contribution in [-0.2, 0) is 4.79 Å². The number of hydrogen-bond acceptors (Lipinski definition) is 5. The number of hydrogen-bond donors (Lipinski definition) is 1. The molecule has 2 aromatic rings. The number of rotatable bonds is 4. The normalized spacial score (nSPS) is 14.3. The first-order valence-electron chi connectivity index (χ1n) is 7.62. The van der Waals surface area contributed by atoms with Crippen molar-refractivity contribution in [1.82, 2.24) is 15.1 Å². The molecule has 0 radical (unpaired) electrons. The van der Waals surface area contributed by atoms with Gasteiger partial charge in [0.1, 0.15) is 0 Å². The van der Waals surface area contributed by atoms with Gasteiger partial charge in [-0.3, -0.25) is 9.59 Å². The van der Waals surface area contributed by atoms with E-state index >= 15 is 0 Å². The summed E-state index contributed by atoms with van der Waals surface area (Å²) < 4.78 is 0. The summed E-state index contributed by atoms with van der Waals surface area (Å²) in [6, 6.07) is 8.32. The van der Waals surface area contributed by atoms with E-state index in [4.69, 9.17) is 23.2 Å². The summed E-state index contributed by atoms with van der Waals surface area (Å²) >= 11 is 12.0. The molecule has 1 aromatic heterocycles. The van der Waals surface area contributed by atoms with Crippen molar-refractivity contribution in [3.63, 3.8) is 0 Å². The van der Waals surface area contributed by atoms with Crippen LogP contribution in [-0.4, -0.2) is 53.6 Å². The molecule has 1 fully saturated rings. The second-order valence-corrected chi connectivity index (χ2v) is 6.25. The summed E-state index contributed by atoms with van der Waals surface area (Å²) in [5.41, 5.74) is 0.585. The van der Waals surface area contributed by atoms with Crippen LogP contribution >= 0.6 is 23.2 Å². The molecule has 1 aromatic carbocycles. The van der Waals surface area contributed by atoms with Crippen LogP contribution in [0.2, 0.25) is 10.0 Å². The van der Waals surface area contributed by atoms with Crippen LogP contribution in [0.1, 0.15) is 10.5 Å². The molecule has 1 aliphatic heterocycles. The van der Waals surface area contributed by atoms with Crippen molar-refractivity contribution in [2.75, 3.05) is 36.4 Å². The van der Waals surface area contributed by atoms with Gasteiger partial charge in [0.25, 0.3) is 5.91 Å². The number of nitrogens with one attached hydrogen (secondary N) is 1. The van der Waals surface area contributed by atoms with Gasteiger partial charge in [-0.25, -0.2) is 0 Å². The second-order valence-electron chi connectivity index (χ2n) is 5.46. The van der Waals surface area contributed by atoms with Gasteiger partial charge in [0.15, 0.2) is 11.5 Å². The average Bonchev–Trinajstić information content (AvgIpc) is 2.65. The molecule has 2 amide bonds. The zero-order chi connectivity index (χ0) is 17.8. The third kappa shape index (κ3) is 4.00. The number of nitrogens with zero attached hydrogens (tertiary/aromatic N) is 4. The highest BCUT2D eigenvalue weighted by molar-refractivity contribution is 6.44. The summed E-state index contributed by atoms with van der Waals surface area (Å²) in [5.74, 6) is 0.247. The summed E-state index contributed by atoms with van der Waals surface area (Å²) in [6.45, 7) is 2.63. The van der Waals surface area contributed by atoms with Crippen LogP contribution in [0, 0.1) is 0 Å². The number of carbonyl (C=O) groups excluding carboxylic acids is 2. The predicted molar refractivity (Wildman–Crippen MR) is 96.3 cm³/mol. The third-order valence-electron chi connectivity index (χ3n) is 3.87. The monoisotopic (exact) mass is 379 g/mol. The lowest BCUT2D eigenvalue weighted by atomic mass is 10.3. The van der Waals surface area contributed by atoms with Crippen LogP contribution < -0.4 is 10.2 Å². The maximum Gasteiger partial charge on any atom is 0.276 e. The minimum absolute atomic E-state index is 0.173. The zero-order valence-electron chi connectivity index (χ0n) is 13.2. The van der Waals surface area contributed by atoms with E-state index < -0.39 is 5.91 Å². The Morgan fingerprint density at radius 2 is 1.84 bits per heavy atom. The van der Waals surface area contributed by atoms with E-state index in [0.717, 1.165) is 6.41 Å². The molecule has 130 valence electrons. The Morgan fingerprint density at radius 1 is 1.08 bits per heavy atom. The Balaban J connectivity index is 1.67. The van der Waals surface area contributed by atoms with Crippen molar-refractivity contribution in [2.45, 2.75) is 0 Å². The standard InChI is InChI=1S/C16H15Cl2N5O2/c17-11-2-1-3-12(15(11)18)19-16(25)13-4-5-14(21-20-13)23-8-6-22(10-24)7-9-23/h1-5,10H,6-9H2,(H,19,25). The van der Waals surface area contributed by atoms with E-state index in [-0.39, 0.29) is 10.7 Å². The molecule has 1 saturated heterocycles. The minimum atomic E-state index is -0.422. The van der Waals surface area contributed by atoms with Crippen LogP contribution in [0.5, 0.6) is 0 Å². The fourth-order valence-corrected chi connectivity index (χ4v) is 2.81. The van der Waals surface area contributed by atoms with Crippen molar-refractivity contribution < 1.29 is 9.59 Å². The zero-order valence-corrected chi connectivity index (χ0v) is 14.7. The number of anilines is 2. The maximum absolute atomic E-state index is 12.3. The quantitative estimate of drug-likeness (QED) is 0.824. The number of amides is 2. The van der Waals surface area contributed by atoms with E-state index in [2.05, 4.69) is 15.5 Å². The summed E-state index contributed by atoms with van der Waals surface area (Å²) in [4.78, 5) is 26.7. The Morgan fingerprint density at radius 3 is 2.48 bits per heavy atom. The molecule has 7 nitrogen and oxygen atoms in total. The number of halogens is 2. The summed E-state index contributed by atoms with van der Waals surface area (Å²) in [7, 11) is 0. The van der Waals surface area contributed by atoms with Gasteiger partial charge in [0.05, 0.1) is 15.7 Å². The van der Waals surface area contributed by atoms with Gasteiger partial charge in [0.2, 0.25) is 6.41 Å². The van der Waals surface area contributed by atoms with Gasteiger partial charge >= 0.3 is 0 Å². The highest BCUT2D eigenvalue weighted by Gasteiger charge is 2.18. The highest BCUT2D eigenvalue weighted by atomic mass is 35.5. The molecule has 0 unspecified atom stereocenters. The molecular weight excluding hydrogens is 365 g/mol. The van der Waals surface area contributed by atoms with Gasteiger partial charge in [-0.15, -0.1) is 10.2 Å². The minimum Gasteiger partial charge on any atom is -0.352 e. The second kappa shape index (κ2) is 7.67. The first-order valence-corrected chi connectivity index (χ1v) is 8.37. The van der Waals surface area contributed by atoms with Crippen molar-refractivity contribution in [2.24, 2.45) is 0 Å². The molecule has 2 heterocycles. The molecule has 0 atom stereocenters. The Hall–Kier alpha value is -2.38. The number of benzene rings is 1. The number of aromatic nitrogens is 2. The third-order valence-corrected chi connectivity index (χ3v) is 4.69. The van der Waals surface area contributed by atoms with Gasteiger partial charge in [0, 0.05) is 26.2 Å². The Labute approximate surface area is 154 Å². The number of carbonyl (C=O) groups is 2. The van der Waals surface area contributed by atoms with Gasteiger partial charge in [-0.2, -0.15) is 0 Å². The molecule has 3 rings (SSSR count). The lowest BCUT2D eigenvalue weighted by molar-refractivity contribution is -0.118. The molecule has 0 bridgehead atoms. The van der Waals surface area contributed by atoms with Gasteiger partial charge in [-0.05, 0) is 24.3 Å². The first-order chi connectivity index (χ1) is 12.1. The molecule has 0 aliphatic carbocycles. The maximum atomic E-state index is 12.3.